The van der Waals surface area contributed by atoms with Gasteiger partial charge in [0.25, 0.3) is 11.1 Å². The number of carbonyl (C=O) groups excluding carboxylic acids is 2. The molecular formula is C17H21NO5S. The standard InChI is InChI=1S/C17H21NO5S/c1-6-10(2)18-16(19)15(24-17(18)20)9-12-13(22-4)7-11(21-3)8-14(12)23-5/h7-10H,6H2,1-5H3/b15-9+. The lowest BCUT2D eigenvalue weighted by atomic mass is 10.1. The van der Waals surface area contributed by atoms with Crippen LogP contribution < -0.4 is 14.2 Å². The van der Waals surface area contributed by atoms with Gasteiger partial charge >= 0.3 is 0 Å². The first kappa shape index (κ1) is 18.2. The highest BCUT2D eigenvalue weighted by Gasteiger charge is 2.37. The summed E-state index contributed by atoms with van der Waals surface area (Å²) in [5.74, 6) is 1.29. The maximum absolute atomic E-state index is 12.6. The highest BCUT2D eigenvalue weighted by Crippen LogP contribution is 2.40. The summed E-state index contributed by atoms with van der Waals surface area (Å²) in [6.07, 6.45) is 2.34. The minimum atomic E-state index is -0.292. The molecule has 1 fully saturated rings. The van der Waals surface area contributed by atoms with Crippen molar-refractivity contribution >= 4 is 29.0 Å². The Labute approximate surface area is 145 Å². The fourth-order valence-electron chi connectivity index (χ4n) is 2.35. The van der Waals surface area contributed by atoms with Gasteiger partial charge in [-0.1, -0.05) is 6.92 Å². The van der Waals surface area contributed by atoms with Crippen molar-refractivity contribution in [3.05, 3.63) is 22.6 Å². The number of hydrogen-bond acceptors (Lipinski definition) is 6. The van der Waals surface area contributed by atoms with Gasteiger partial charge < -0.3 is 14.2 Å². The smallest absolute Gasteiger partial charge is 0.293 e. The Balaban J connectivity index is 2.48. The van der Waals surface area contributed by atoms with Crippen molar-refractivity contribution in [3.8, 4) is 17.2 Å². The molecule has 0 radical (unpaired) electrons. The van der Waals surface area contributed by atoms with Crippen molar-refractivity contribution in [1.29, 1.82) is 0 Å². The van der Waals surface area contributed by atoms with Crippen LogP contribution in [0.1, 0.15) is 25.8 Å². The lowest BCUT2D eigenvalue weighted by Crippen LogP contribution is -2.36. The maximum Gasteiger partial charge on any atom is 0.293 e. The Kier molecular flexibility index (Phi) is 5.77. The average Bonchev–Trinajstić information content (AvgIpc) is 2.87. The normalized spacial score (nSPS) is 17.4. The van der Waals surface area contributed by atoms with E-state index in [-0.39, 0.29) is 17.2 Å². The number of methoxy groups -OCH3 is 3. The molecule has 0 bridgehead atoms. The van der Waals surface area contributed by atoms with Crippen LogP contribution in [0.25, 0.3) is 6.08 Å². The highest BCUT2D eigenvalue weighted by atomic mass is 32.2. The molecule has 6 nitrogen and oxygen atoms in total. The third kappa shape index (κ3) is 3.36. The van der Waals surface area contributed by atoms with Crippen LogP contribution in [0, 0.1) is 0 Å². The van der Waals surface area contributed by atoms with Crippen LogP contribution in [-0.2, 0) is 4.79 Å². The second-order valence-corrected chi connectivity index (χ2v) is 6.25. The predicted molar refractivity (Wildman–Crippen MR) is 93.7 cm³/mol. The van der Waals surface area contributed by atoms with Crippen LogP contribution >= 0.6 is 11.8 Å². The van der Waals surface area contributed by atoms with Gasteiger partial charge in [0, 0.05) is 18.2 Å². The molecule has 1 aliphatic rings. The third-order valence-corrected chi connectivity index (χ3v) is 4.77. The number of rotatable bonds is 6. The second kappa shape index (κ2) is 7.61. The van der Waals surface area contributed by atoms with E-state index in [2.05, 4.69) is 0 Å². The van der Waals surface area contributed by atoms with E-state index < -0.39 is 0 Å². The Morgan fingerprint density at radius 1 is 1.12 bits per heavy atom. The summed E-state index contributed by atoms with van der Waals surface area (Å²) < 4.78 is 16.0. The van der Waals surface area contributed by atoms with E-state index in [9.17, 15) is 9.59 Å². The fourth-order valence-corrected chi connectivity index (χ4v) is 3.26. The number of nitrogens with zero attached hydrogens (tertiary/aromatic N) is 1. The molecule has 1 atom stereocenters. The molecule has 24 heavy (non-hydrogen) atoms. The van der Waals surface area contributed by atoms with Crippen LogP contribution in [-0.4, -0.2) is 43.4 Å². The molecule has 1 aromatic rings. The Morgan fingerprint density at radius 2 is 1.71 bits per heavy atom. The van der Waals surface area contributed by atoms with E-state index in [1.807, 2.05) is 13.8 Å². The Bertz CT molecular complexity index is 661. The highest BCUT2D eigenvalue weighted by molar-refractivity contribution is 8.18. The molecular weight excluding hydrogens is 330 g/mol. The third-order valence-electron chi connectivity index (χ3n) is 3.88. The summed E-state index contributed by atoms with van der Waals surface area (Å²) in [7, 11) is 4.60. The first-order chi connectivity index (χ1) is 11.5. The molecule has 2 amide bonds. The van der Waals surface area contributed by atoms with E-state index in [4.69, 9.17) is 14.2 Å². The zero-order chi connectivity index (χ0) is 17.9. The lowest BCUT2D eigenvalue weighted by molar-refractivity contribution is -0.124. The molecule has 7 heteroatoms. The van der Waals surface area contributed by atoms with Crippen molar-refractivity contribution < 1.29 is 23.8 Å². The maximum atomic E-state index is 12.6. The predicted octanol–water partition coefficient (Wildman–Crippen LogP) is 3.55. The SMILES string of the molecule is CCC(C)N1C(=O)S/C(=C/c2c(OC)cc(OC)cc2OC)C1=O. The van der Waals surface area contributed by atoms with Gasteiger partial charge in [-0.15, -0.1) is 0 Å². The van der Waals surface area contributed by atoms with Crippen molar-refractivity contribution in [2.75, 3.05) is 21.3 Å². The van der Waals surface area contributed by atoms with Gasteiger partial charge in [0.05, 0.1) is 31.8 Å². The molecule has 130 valence electrons. The van der Waals surface area contributed by atoms with Crippen LogP contribution in [0.3, 0.4) is 0 Å². The van der Waals surface area contributed by atoms with Gasteiger partial charge in [0.15, 0.2) is 0 Å². The summed E-state index contributed by atoms with van der Waals surface area (Å²) in [6, 6.07) is 3.27. The van der Waals surface area contributed by atoms with Crippen LogP contribution in [0.5, 0.6) is 17.2 Å². The van der Waals surface area contributed by atoms with Crippen LogP contribution in [0.2, 0.25) is 0 Å². The number of ether oxygens (including phenoxy) is 3. The molecule has 0 spiro atoms. The molecule has 0 N–H and O–H groups in total. The van der Waals surface area contributed by atoms with Gasteiger partial charge in [0.2, 0.25) is 0 Å². The lowest BCUT2D eigenvalue weighted by Gasteiger charge is -2.19. The molecule has 1 unspecified atom stereocenters. The fraction of sp³-hybridized carbons (Fsp3) is 0.412. The van der Waals surface area contributed by atoms with E-state index in [1.54, 1.807) is 25.3 Å². The molecule has 1 aliphatic heterocycles. The summed E-state index contributed by atoms with van der Waals surface area (Å²) >= 11 is 0.925. The van der Waals surface area contributed by atoms with Crippen molar-refractivity contribution in [2.45, 2.75) is 26.3 Å². The number of amides is 2. The Hall–Kier alpha value is -2.15. The molecule has 1 heterocycles. The number of thioether (sulfide) groups is 1. The Morgan fingerprint density at radius 3 is 2.17 bits per heavy atom. The molecule has 0 aliphatic carbocycles. The van der Waals surface area contributed by atoms with Gasteiger partial charge in [0.1, 0.15) is 17.2 Å². The van der Waals surface area contributed by atoms with Crippen molar-refractivity contribution in [1.82, 2.24) is 4.90 Å². The summed E-state index contributed by atoms with van der Waals surface area (Å²) in [4.78, 5) is 26.3. The van der Waals surface area contributed by atoms with Crippen LogP contribution in [0.4, 0.5) is 4.79 Å². The van der Waals surface area contributed by atoms with E-state index in [0.29, 0.717) is 34.1 Å². The van der Waals surface area contributed by atoms with Crippen LogP contribution in [0.15, 0.2) is 17.0 Å². The molecule has 0 aromatic heterocycles. The van der Waals surface area contributed by atoms with E-state index in [1.165, 1.54) is 19.1 Å². The minimum Gasteiger partial charge on any atom is -0.496 e. The van der Waals surface area contributed by atoms with Crippen molar-refractivity contribution in [2.24, 2.45) is 0 Å². The zero-order valence-electron chi connectivity index (χ0n) is 14.4. The molecule has 0 saturated carbocycles. The number of hydrogen-bond donors (Lipinski definition) is 0. The molecule has 1 saturated heterocycles. The number of benzene rings is 1. The summed E-state index contributed by atoms with van der Waals surface area (Å²) in [5.41, 5.74) is 0.593. The molecule has 2 rings (SSSR count). The number of carbonyl (C=O) groups is 2. The van der Waals surface area contributed by atoms with Gasteiger partial charge in [-0.05, 0) is 31.2 Å². The first-order valence-corrected chi connectivity index (χ1v) is 8.35. The van der Waals surface area contributed by atoms with E-state index >= 15 is 0 Å². The van der Waals surface area contributed by atoms with Gasteiger partial charge in [-0.2, -0.15) is 0 Å². The minimum absolute atomic E-state index is 0.136. The van der Waals surface area contributed by atoms with Crippen molar-refractivity contribution in [3.63, 3.8) is 0 Å². The zero-order valence-corrected chi connectivity index (χ0v) is 15.2. The largest absolute Gasteiger partial charge is 0.496 e. The topological polar surface area (TPSA) is 65.1 Å². The summed E-state index contributed by atoms with van der Waals surface area (Å²) in [5, 5.41) is -0.257. The molecule has 1 aromatic carbocycles. The first-order valence-electron chi connectivity index (χ1n) is 7.53. The monoisotopic (exact) mass is 351 g/mol. The van der Waals surface area contributed by atoms with Gasteiger partial charge in [-0.3, -0.25) is 14.5 Å². The average molecular weight is 351 g/mol. The van der Waals surface area contributed by atoms with E-state index in [0.717, 1.165) is 11.8 Å². The summed E-state index contributed by atoms with van der Waals surface area (Å²) in [6.45, 7) is 3.79. The number of imide groups is 1. The quantitative estimate of drug-likeness (QED) is 0.730. The second-order valence-electron chi connectivity index (χ2n) is 5.25. The van der Waals surface area contributed by atoms with Gasteiger partial charge in [-0.25, -0.2) is 0 Å².